The molecular weight excluding hydrogens is 252 g/mol. The summed E-state index contributed by atoms with van der Waals surface area (Å²) < 4.78 is 21.9. The van der Waals surface area contributed by atoms with Crippen molar-refractivity contribution in [2.45, 2.75) is 46.8 Å². The lowest BCUT2D eigenvalue weighted by Crippen LogP contribution is -2.48. The van der Waals surface area contributed by atoms with Crippen LogP contribution in [0.3, 0.4) is 0 Å². The highest BCUT2D eigenvalue weighted by molar-refractivity contribution is 6.59. The summed E-state index contributed by atoms with van der Waals surface area (Å²) in [6.07, 6.45) is 0.464. The van der Waals surface area contributed by atoms with Crippen LogP contribution in [0.2, 0.25) is 6.55 Å². The topological polar surface area (TPSA) is 54.0 Å². The first-order valence-electron chi connectivity index (χ1n) is 6.47. The number of rotatable bonds is 9. The van der Waals surface area contributed by atoms with Crippen LogP contribution in [0.1, 0.15) is 34.1 Å². The molecule has 0 saturated heterocycles. The molecule has 0 amide bonds. The van der Waals surface area contributed by atoms with Gasteiger partial charge in [-0.3, -0.25) is 4.79 Å². The summed E-state index contributed by atoms with van der Waals surface area (Å²) in [6, 6.07) is 0. The minimum absolute atomic E-state index is 0.243. The molecule has 0 aliphatic carbocycles. The van der Waals surface area contributed by atoms with Gasteiger partial charge >= 0.3 is 14.8 Å². The lowest BCUT2D eigenvalue weighted by atomic mass is 10.0. The molecule has 2 atom stereocenters. The van der Waals surface area contributed by atoms with Crippen molar-refractivity contribution in [1.82, 2.24) is 0 Å². The zero-order chi connectivity index (χ0) is 14.2. The Labute approximate surface area is 111 Å². The number of carbonyl (C=O) groups excluding carboxylic acids is 1. The maximum atomic E-state index is 11.5. The van der Waals surface area contributed by atoms with Crippen molar-refractivity contribution < 1.29 is 22.8 Å². The fraction of sp³-hybridized carbons (Fsp3) is 0.917. The van der Waals surface area contributed by atoms with Crippen molar-refractivity contribution in [1.29, 1.82) is 0 Å². The monoisotopic (exact) mass is 278 g/mol. The standard InChI is InChI=1S/C12H26O5Si/c1-7-11(10(4)12(13)14-5)17-18(6,15-8-2)16-9-3/h10-11H,7-9H2,1-6H3/t10-,11-/m1/s1. The molecule has 0 unspecified atom stereocenters. The predicted molar refractivity (Wildman–Crippen MR) is 71.2 cm³/mol. The lowest BCUT2D eigenvalue weighted by Gasteiger charge is -2.31. The maximum absolute atomic E-state index is 11.5. The fourth-order valence-electron chi connectivity index (χ4n) is 1.79. The van der Waals surface area contributed by atoms with E-state index in [0.717, 1.165) is 0 Å². The molecule has 0 rings (SSSR count). The normalized spacial score (nSPS) is 15.2. The number of carbonyl (C=O) groups is 1. The summed E-state index contributed by atoms with van der Waals surface area (Å²) in [5.41, 5.74) is 0. The number of hydrogen-bond acceptors (Lipinski definition) is 5. The van der Waals surface area contributed by atoms with Gasteiger partial charge in [-0.05, 0) is 27.2 Å². The van der Waals surface area contributed by atoms with Gasteiger partial charge in [0.15, 0.2) is 0 Å². The van der Waals surface area contributed by atoms with Crippen molar-refractivity contribution >= 4 is 14.8 Å². The van der Waals surface area contributed by atoms with Gasteiger partial charge in [-0.25, -0.2) is 0 Å². The molecule has 0 aromatic heterocycles. The smallest absolute Gasteiger partial charge is 0.469 e. The van der Waals surface area contributed by atoms with Gasteiger partial charge in [0.05, 0.1) is 19.1 Å². The van der Waals surface area contributed by atoms with Gasteiger partial charge in [0.1, 0.15) is 0 Å². The highest BCUT2D eigenvalue weighted by Gasteiger charge is 2.39. The van der Waals surface area contributed by atoms with Crippen molar-refractivity contribution in [3.8, 4) is 0 Å². The third kappa shape index (κ3) is 5.47. The second-order valence-corrected chi connectivity index (χ2v) is 6.64. The summed E-state index contributed by atoms with van der Waals surface area (Å²) in [5.74, 6) is -0.598. The molecule has 18 heavy (non-hydrogen) atoms. The second-order valence-electron chi connectivity index (χ2n) is 4.10. The number of esters is 1. The van der Waals surface area contributed by atoms with Crippen LogP contribution in [0.5, 0.6) is 0 Å². The Bertz CT molecular complexity index is 241. The SMILES string of the molecule is CCO[Si](C)(OCC)O[C@H](CC)[C@@H](C)C(=O)OC. The Kier molecular flexibility index (Phi) is 8.42. The van der Waals surface area contributed by atoms with E-state index >= 15 is 0 Å². The second kappa shape index (κ2) is 8.63. The molecule has 0 aromatic rings. The summed E-state index contributed by atoms with van der Waals surface area (Å²) in [7, 11) is -1.28. The minimum atomic E-state index is -2.66. The van der Waals surface area contributed by atoms with Crippen molar-refractivity contribution in [3.63, 3.8) is 0 Å². The summed E-state index contributed by atoms with van der Waals surface area (Å²) >= 11 is 0. The first kappa shape index (κ1) is 17.6. The Hall–Kier alpha value is -0.433. The van der Waals surface area contributed by atoms with Crippen molar-refractivity contribution in [2.75, 3.05) is 20.3 Å². The summed E-state index contributed by atoms with van der Waals surface area (Å²) in [4.78, 5) is 11.5. The first-order chi connectivity index (χ1) is 8.44. The number of ether oxygens (including phenoxy) is 1. The van der Waals surface area contributed by atoms with Crippen molar-refractivity contribution in [3.05, 3.63) is 0 Å². The molecule has 108 valence electrons. The van der Waals surface area contributed by atoms with E-state index in [4.69, 9.17) is 18.0 Å². The Morgan fingerprint density at radius 1 is 1.17 bits per heavy atom. The highest BCUT2D eigenvalue weighted by atomic mass is 28.4. The van der Waals surface area contributed by atoms with E-state index in [2.05, 4.69) is 0 Å². The molecule has 0 radical (unpaired) electrons. The van der Waals surface area contributed by atoms with E-state index in [1.165, 1.54) is 7.11 Å². The van der Waals surface area contributed by atoms with Gasteiger partial charge in [-0.2, -0.15) is 0 Å². The van der Waals surface area contributed by atoms with E-state index in [-0.39, 0.29) is 18.0 Å². The van der Waals surface area contributed by atoms with Gasteiger partial charge in [0, 0.05) is 19.8 Å². The molecule has 0 bridgehead atoms. The third-order valence-electron chi connectivity index (χ3n) is 2.71. The Morgan fingerprint density at radius 2 is 1.67 bits per heavy atom. The van der Waals surface area contributed by atoms with Crippen LogP contribution >= 0.6 is 0 Å². The van der Waals surface area contributed by atoms with Crippen LogP contribution in [0.25, 0.3) is 0 Å². The number of methoxy groups -OCH3 is 1. The fourth-order valence-corrected chi connectivity index (χ4v) is 3.97. The molecular formula is C12H26O5Si. The zero-order valence-corrected chi connectivity index (χ0v) is 13.3. The van der Waals surface area contributed by atoms with Gasteiger partial charge in [0.2, 0.25) is 0 Å². The maximum Gasteiger partial charge on any atom is 0.497 e. The molecule has 5 nitrogen and oxygen atoms in total. The molecule has 0 saturated carbocycles. The minimum Gasteiger partial charge on any atom is -0.469 e. The predicted octanol–water partition coefficient (Wildman–Crippen LogP) is 2.23. The van der Waals surface area contributed by atoms with Gasteiger partial charge in [-0.15, -0.1) is 0 Å². The molecule has 0 aliphatic rings. The van der Waals surface area contributed by atoms with Crippen LogP contribution in [0.15, 0.2) is 0 Å². The zero-order valence-electron chi connectivity index (χ0n) is 12.3. The molecule has 0 fully saturated rings. The van der Waals surface area contributed by atoms with E-state index in [1.54, 1.807) is 6.92 Å². The average Bonchev–Trinajstić information content (AvgIpc) is 2.34. The van der Waals surface area contributed by atoms with E-state index < -0.39 is 8.80 Å². The molecule has 0 spiro atoms. The van der Waals surface area contributed by atoms with Crippen LogP contribution < -0.4 is 0 Å². The molecule has 0 N–H and O–H groups in total. The molecule has 0 heterocycles. The van der Waals surface area contributed by atoms with Gasteiger partial charge in [-0.1, -0.05) is 6.92 Å². The van der Waals surface area contributed by atoms with Crippen LogP contribution in [-0.4, -0.2) is 41.2 Å². The van der Waals surface area contributed by atoms with E-state index in [1.807, 2.05) is 27.3 Å². The summed E-state index contributed by atoms with van der Waals surface area (Å²) in [6.45, 7) is 10.5. The molecule has 0 aromatic carbocycles. The largest absolute Gasteiger partial charge is 0.497 e. The number of hydrogen-bond donors (Lipinski definition) is 0. The Morgan fingerprint density at radius 3 is 2.00 bits per heavy atom. The molecule has 0 aliphatic heterocycles. The van der Waals surface area contributed by atoms with Crippen LogP contribution in [0.4, 0.5) is 0 Å². The van der Waals surface area contributed by atoms with Crippen LogP contribution in [-0.2, 0) is 22.8 Å². The quantitative estimate of drug-likeness (QED) is 0.478. The molecule has 6 heteroatoms. The van der Waals surface area contributed by atoms with E-state index in [0.29, 0.717) is 19.6 Å². The highest BCUT2D eigenvalue weighted by Crippen LogP contribution is 2.20. The Balaban J connectivity index is 4.69. The third-order valence-corrected chi connectivity index (χ3v) is 5.07. The van der Waals surface area contributed by atoms with Gasteiger partial charge < -0.3 is 18.0 Å². The van der Waals surface area contributed by atoms with Crippen LogP contribution in [0, 0.1) is 5.92 Å². The van der Waals surface area contributed by atoms with Gasteiger partial charge in [0.25, 0.3) is 0 Å². The average molecular weight is 278 g/mol. The van der Waals surface area contributed by atoms with Crippen molar-refractivity contribution in [2.24, 2.45) is 5.92 Å². The first-order valence-corrected chi connectivity index (χ1v) is 8.70. The van der Waals surface area contributed by atoms with E-state index in [9.17, 15) is 4.79 Å². The summed E-state index contributed by atoms with van der Waals surface area (Å²) in [5, 5.41) is 0. The lowest BCUT2D eigenvalue weighted by molar-refractivity contribution is -0.149.